The molecule has 1 rings (SSSR count). The van der Waals surface area contributed by atoms with E-state index in [2.05, 4.69) is 35.0 Å². The largest absolute Gasteiger partial charge is 0.348 e. The van der Waals surface area contributed by atoms with Gasteiger partial charge in [-0.15, -0.1) is 0 Å². The normalized spacial score (nSPS) is 23.9. The average molecular weight is 309 g/mol. The van der Waals surface area contributed by atoms with Gasteiger partial charge < -0.3 is 16.0 Å². The van der Waals surface area contributed by atoms with Crippen molar-refractivity contribution < 1.29 is 9.59 Å². The van der Waals surface area contributed by atoms with E-state index >= 15 is 0 Å². The van der Waals surface area contributed by atoms with E-state index in [1.165, 1.54) is 0 Å². The Morgan fingerprint density at radius 2 is 1.82 bits per heavy atom. The summed E-state index contributed by atoms with van der Waals surface area (Å²) in [5.74, 6) is 0.544. The van der Waals surface area contributed by atoms with Crippen molar-refractivity contribution in [3.05, 3.63) is 12.2 Å². The molecule has 1 aliphatic rings. The van der Waals surface area contributed by atoms with Crippen LogP contribution in [-0.4, -0.2) is 37.0 Å². The van der Waals surface area contributed by atoms with Crippen molar-refractivity contribution in [2.45, 2.75) is 65.1 Å². The van der Waals surface area contributed by atoms with Gasteiger partial charge in [0.15, 0.2) is 0 Å². The molecule has 0 aromatic carbocycles. The van der Waals surface area contributed by atoms with E-state index < -0.39 is 6.04 Å². The molecule has 3 unspecified atom stereocenters. The summed E-state index contributed by atoms with van der Waals surface area (Å²) in [6, 6.07) is -0.727. The third kappa shape index (κ3) is 5.44. The molecule has 126 valence electrons. The van der Waals surface area contributed by atoms with Crippen molar-refractivity contribution in [1.29, 1.82) is 0 Å². The Morgan fingerprint density at radius 1 is 1.14 bits per heavy atom. The van der Waals surface area contributed by atoms with Crippen LogP contribution in [0.2, 0.25) is 0 Å². The van der Waals surface area contributed by atoms with Crippen LogP contribution in [0.5, 0.6) is 0 Å². The second-order valence-corrected chi connectivity index (χ2v) is 6.49. The Morgan fingerprint density at radius 3 is 2.27 bits per heavy atom. The number of rotatable bonds is 7. The Balaban J connectivity index is 2.47. The lowest BCUT2D eigenvalue weighted by atomic mass is 9.91. The van der Waals surface area contributed by atoms with E-state index in [0.29, 0.717) is 5.92 Å². The summed E-state index contributed by atoms with van der Waals surface area (Å²) >= 11 is 0. The van der Waals surface area contributed by atoms with Crippen molar-refractivity contribution in [2.24, 2.45) is 11.8 Å². The van der Waals surface area contributed by atoms with E-state index in [1.807, 2.05) is 13.8 Å². The SMILES string of the molecule is CCC1C=CC(NC(=O)[C@H](C)NC(=O)C(NC)C(C)C)CC1. The molecule has 0 fully saturated rings. The van der Waals surface area contributed by atoms with E-state index in [0.717, 1.165) is 19.3 Å². The number of hydrogen-bond acceptors (Lipinski definition) is 3. The number of amides is 2. The van der Waals surface area contributed by atoms with E-state index in [1.54, 1.807) is 14.0 Å². The van der Waals surface area contributed by atoms with Crippen LogP contribution in [-0.2, 0) is 9.59 Å². The van der Waals surface area contributed by atoms with Crippen LogP contribution in [0.1, 0.15) is 47.0 Å². The maximum absolute atomic E-state index is 12.2. The maximum Gasteiger partial charge on any atom is 0.242 e. The fraction of sp³-hybridized carbons (Fsp3) is 0.765. The van der Waals surface area contributed by atoms with Crippen LogP contribution in [0.15, 0.2) is 12.2 Å². The van der Waals surface area contributed by atoms with Gasteiger partial charge in [-0.2, -0.15) is 0 Å². The molecule has 0 saturated carbocycles. The highest BCUT2D eigenvalue weighted by molar-refractivity contribution is 5.89. The van der Waals surface area contributed by atoms with Gasteiger partial charge >= 0.3 is 0 Å². The average Bonchev–Trinajstić information content (AvgIpc) is 2.48. The van der Waals surface area contributed by atoms with Crippen molar-refractivity contribution in [2.75, 3.05) is 7.05 Å². The predicted molar refractivity (Wildman–Crippen MR) is 89.4 cm³/mol. The van der Waals surface area contributed by atoms with E-state index in [9.17, 15) is 9.59 Å². The third-order valence-corrected chi connectivity index (χ3v) is 4.33. The van der Waals surface area contributed by atoms with Gasteiger partial charge in [-0.3, -0.25) is 9.59 Å². The first-order valence-corrected chi connectivity index (χ1v) is 8.35. The molecule has 0 saturated heterocycles. The number of hydrogen-bond donors (Lipinski definition) is 3. The second kappa shape index (κ2) is 8.93. The molecular weight excluding hydrogens is 278 g/mol. The van der Waals surface area contributed by atoms with Gasteiger partial charge in [-0.1, -0.05) is 32.9 Å². The molecule has 0 spiro atoms. The Kier molecular flexibility index (Phi) is 7.59. The van der Waals surface area contributed by atoms with Gasteiger partial charge in [0.2, 0.25) is 11.8 Å². The highest BCUT2D eigenvalue weighted by Crippen LogP contribution is 2.20. The monoisotopic (exact) mass is 309 g/mol. The lowest BCUT2D eigenvalue weighted by Gasteiger charge is -2.26. The number of carbonyl (C=O) groups excluding carboxylic acids is 2. The molecule has 1 aliphatic carbocycles. The first kappa shape index (κ1) is 18.7. The van der Waals surface area contributed by atoms with E-state index in [4.69, 9.17) is 0 Å². The Bertz CT molecular complexity index is 407. The van der Waals surface area contributed by atoms with Crippen molar-refractivity contribution >= 4 is 11.8 Å². The summed E-state index contributed by atoms with van der Waals surface area (Å²) in [5.41, 5.74) is 0. The summed E-state index contributed by atoms with van der Waals surface area (Å²) in [5, 5.41) is 8.76. The number of likely N-dealkylation sites (N-methyl/N-ethyl adjacent to an activating group) is 1. The molecule has 3 N–H and O–H groups in total. The zero-order valence-corrected chi connectivity index (χ0v) is 14.5. The Hall–Kier alpha value is -1.36. The molecular formula is C17H31N3O2. The van der Waals surface area contributed by atoms with Crippen LogP contribution in [0.4, 0.5) is 0 Å². The van der Waals surface area contributed by atoms with Gasteiger partial charge in [-0.05, 0) is 45.1 Å². The summed E-state index contributed by atoms with van der Waals surface area (Å²) in [6.07, 6.45) is 7.48. The predicted octanol–water partition coefficient (Wildman–Crippen LogP) is 1.60. The zero-order chi connectivity index (χ0) is 16.7. The summed E-state index contributed by atoms with van der Waals surface area (Å²) in [6.45, 7) is 7.85. The smallest absolute Gasteiger partial charge is 0.242 e. The molecule has 5 nitrogen and oxygen atoms in total. The summed E-state index contributed by atoms with van der Waals surface area (Å²) in [7, 11) is 1.76. The van der Waals surface area contributed by atoms with Crippen LogP contribution < -0.4 is 16.0 Å². The molecule has 0 radical (unpaired) electrons. The van der Waals surface area contributed by atoms with Crippen molar-refractivity contribution in [3.8, 4) is 0 Å². The number of nitrogens with one attached hydrogen (secondary N) is 3. The quantitative estimate of drug-likeness (QED) is 0.626. The van der Waals surface area contributed by atoms with Gasteiger partial charge in [0.1, 0.15) is 6.04 Å². The molecule has 4 atom stereocenters. The van der Waals surface area contributed by atoms with Crippen molar-refractivity contribution in [3.63, 3.8) is 0 Å². The minimum Gasteiger partial charge on any atom is -0.348 e. The minimum atomic E-state index is -0.528. The van der Waals surface area contributed by atoms with Gasteiger partial charge in [0.25, 0.3) is 0 Å². The summed E-state index contributed by atoms with van der Waals surface area (Å²) in [4.78, 5) is 24.3. The lowest BCUT2D eigenvalue weighted by Crippen LogP contribution is -2.53. The van der Waals surface area contributed by atoms with Gasteiger partial charge in [0, 0.05) is 6.04 Å². The minimum absolute atomic E-state index is 0.0832. The van der Waals surface area contributed by atoms with Crippen LogP contribution >= 0.6 is 0 Å². The fourth-order valence-corrected chi connectivity index (χ4v) is 2.78. The van der Waals surface area contributed by atoms with Gasteiger partial charge in [-0.25, -0.2) is 0 Å². The zero-order valence-electron chi connectivity index (χ0n) is 14.5. The molecule has 0 bridgehead atoms. The maximum atomic E-state index is 12.2. The van der Waals surface area contributed by atoms with Crippen molar-refractivity contribution in [1.82, 2.24) is 16.0 Å². The highest BCUT2D eigenvalue weighted by atomic mass is 16.2. The van der Waals surface area contributed by atoms with Crippen LogP contribution in [0.3, 0.4) is 0 Å². The van der Waals surface area contributed by atoms with E-state index in [-0.39, 0.29) is 29.8 Å². The highest BCUT2D eigenvalue weighted by Gasteiger charge is 2.25. The van der Waals surface area contributed by atoms with Crippen LogP contribution in [0, 0.1) is 11.8 Å². The topological polar surface area (TPSA) is 70.2 Å². The second-order valence-electron chi connectivity index (χ2n) is 6.49. The van der Waals surface area contributed by atoms with Gasteiger partial charge in [0.05, 0.1) is 6.04 Å². The summed E-state index contributed by atoms with van der Waals surface area (Å²) < 4.78 is 0. The van der Waals surface area contributed by atoms with Crippen LogP contribution in [0.25, 0.3) is 0 Å². The molecule has 2 amide bonds. The first-order valence-electron chi connectivity index (χ1n) is 8.35. The third-order valence-electron chi connectivity index (χ3n) is 4.33. The molecule has 0 heterocycles. The number of allylic oxidation sites excluding steroid dienone is 1. The Labute approximate surface area is 134 Å². The molecule has 0 aliphatic heterocycles. The lowest BCUT2D eigenvalue weighted by molar-refractivity contribution is -0.130. The first-order chi connectivity index (χ1) is 10.4. The fourth-order valence-electron chi connectivity index (χ4n) is 2.78. The standard InChI is InChI=1S/C17H31N3O2/c1-6-13-7-9-14(10-8-13)20-16(21)12(4)19-17(22)15(18-5)11(2)3/h7,9,11-15,18H,6,8,10H2,1-5H3,(H,19,22)(H,20,21)/t12-,13?,14?,15?/m0/s1. The molecule has 5 heteroatoms. The molecule has 22 heavy (non-hydrogen) atoms. The molecule has 0 aromatic heterocycles. The number of carbonyl (C=O) groups is 2. The molecule has 0 aromatic rings.